The summed E-state index contributed by atoms with van der Waals surface area (Å²) >= 11 is 3.41. The molecule has 0 bridgehead atoms. The van der Waals surface area contributed by atoms with Gasteiger partial charge in [-0.05, 0) is 31.5 Å². The summed E-state index contributed by atoms with van der Waals surface area (Å²) in [5, 5.41) is 1.62. The van der Waals surface area contributed by atoms with Gasteiger partial charge in [0, 0.05) is 10.5 Å². The van der Waals surface area contributed by atoms with Gasteiger partial charge in [0.1, 0.15) is 6.54 Å². The summed E-state index contributed by atoms with van der Waals surface area (Å²) in [6.07, 6.45) is 0. The Morgan fingerprint density at radius 2 is 2.17 bits per heavy atom. The second-order valence-electron chi connectivity index (χ2n) is 4.15. The number of hydrogen-bond acceptors (Lipinski definition) is 4. The third-order valence-corrected chi connectivity index (χ3v) is 2.87. The lowest BCUT2D eigenvalue weighted by atomic mass is 10.2. The van der Waals surface area contributed by atoms with Crippen LogP contribution in [0.15, 0.2) is 28.7 Å². The predicted molar refractivity (Wildman–Crippen MR) is 72.8 cm³/mol. The number of esters is 1. The highest BCUT2D eigenvalue weighted by atomic mass is 79.9. The van der Waals surface area contributed by atoms with Gasteiger partial charge in [-0.25, -0.2) is 0 Å². The van der Waals surface area contributed by atoms with Crippen LogP contribution in [0.5, 0.6) is 0 Å². The fourth-order valence-electron chi connectivity index (χ4n) is 1.35. The van der Waals surface area contributed by atoms with Crippen molar-refractivity contribution in [2.75, 3.05) is 13.7 Å². The molecule has 1 aromatic carbocycles. The third kappa shape index (κ3) is 5.16. The Labute approximate surface area is 116 Å². The molecule has 0 saturated heterocycles. The molecule has 0 radical (unpaired) electrons. The number of hydroxylamine groups is 2. The molecule has 0 N–H and O–H groups in total. The number of hydrogen-bond donors (Lipinski definition) is 0. The van der Waals surface area contributed by atoms with E-state index < -0.39 is 0 Å². The van der Waals surface area contributed by atoms with Gasteiger partial charge in [-0.1, -0.05) is 28.1 Å². The monoisotopic (exact) mass is 315 g/mol. The summed E-state index contributed by atoms with van der Waals surface area (Å²) in [6.45, 7) is 4.48. The molecule has 0 aliphatic heterocycles. The molecule has 0 atom stereocenters. The van der Waals surface area contributed by atoms with E-state index >= 15 is 0 Å². The number of benzene rings is 1. The van der Waals surface area contributed by atoms with Crippen molar-refractivity contribution >= 4 is 21.9 Å². The average molecular weight is 316 g/mol. The number of carbonyl (C=O) groups excluding carboxylic acids is 1. The predicted octanol–water partition coefficient (Wildman–Crippen LogP) is 2.76. The molecule has 0 amide bonds. The number of rotatable bonds is 6. The Morgan fingerprint density at radius 3 is 2.72 bits per heavy atom. The van der Waals surface area contributed by atoms with Crippen LogP contribution in [0, 0.1) is 0 Å². The van der Waals surface area contributed by atoms with Gasteiger partial charge in [0.2, 0.25) is 0 Å². The van der Waals surface area contributed by atoms with Gasteiger partial charge in [0.15, 0.2) is 0 Å². The zero-order chi connectivity index (χ0) is 13.5. The molecule has 0 spiro atoms. The Hall–Kier alpha value is -0.910. The molecule has 0 unspecified atom stereocenters. The summed E-state index contributed by atoms with van der Waals surface area (Å²) in [5.74, 6) is -0.307. The molecular weight excluding hydrogens is 298 g/mol. The Morgan fingerprint density at radius 1 is 1.44 bits per heavy atom. The standard InChI is InChI=1S/C13H18BrNO3/c1-10(2)15(8-13(16)17-3)18-9-11-5-4-6-12(14)7-11/h4-7,10H,8-9H2,1-3H3. The van der Waals surface area contributed by atoms with Crippen LogP contribution in [0.3, 0.4) is 0 Å². The number of nitrogens with zero attached hydrogens (tertiary/aromatic N) is 1. The summed E-state index contributed by atoms with van der Waals surface area (Å²) in [6, 6.07) is 7.97. The van der Waals surface area contributed by atoms with Crippen LogP contribution in [0.2, 0.25) is 0 Å². The number of methoxy groups -OCH3 is 1. The minimum absolute atomic E-state index is 0.108. The molecule has 0 aromatic heterocycles. The van der Waals surface area contributed by atoms with Crippen LogP contribution in [0.25, 0.3) is 0 Å². The minimum Gasteiger partial charge on any atom is -0.468 e. The van der Waals surface area contributed by atoms with Crippen molar-refractivity contribution in [3.63, 3.8) is 0 Å². The first-order valence-corrected chi connectivity index (χ1v) is 6.53. The molecule has 18 heavy (non-hydrogen) atoms. The normalized spacial score (nSPS) is 11.0. The molecular formula is C13H18BrNO3. The lowest BCUT2D eigenvalue weighted by molar-refractivity contribution is -0.199. The van der Waals surface area contributed by atoms with Crippen LogP contribution in [0.1, 0.15) is 19.4 Å². The molecule has 0 aliphatic rings. The summed E-state index contributed by atoms with van der Waals surface area (Å²) < 4.78 is 5.64. The van der Waals surface area contributed by atoms with Crippen LogP contribution in [-0.2, 0) is 21.0 Å². The van der Waals surface area contributed by atoms with E-state index in [4.69, 9.17) is 4.84 Å². The lowest BCUT2D eigenvalue weighted by Crippen LogP contribution is -2.36. The average Bonchev–Trinajstić information content (AvgIpc) is 2.33. The first-order chi connectivity index (χ1) is 8.52. The smallest absolute Gasteiger partial charge is 0.322 e. The molecule has 0 fully saturated rings. The van der Waals surface area contributed by atoms with Crippen molar-refractivity contribution in [2.45, 2.75) is 26.5 Å². The van der Waals surface area contributed by atoms with Crippen LogP contribution in [-0.4, -0.2) is 30.7 Å². The van der Waals surface area contributed by atoms with Gasteiger partial charge < -0.3 is 4.74 Å². The quantitative estimate of drug-likeness (QED) is 0.597. The maximum atomic E-state index is 11.2. The molecule has 100 valence electrons. The maximum Gasteiger partial charge on any atom is 0.322 e. The van der Waals surface area contributed by atoms with Crippen molar-refractivity contribution in [1.82, 2.24) is 5.06 Å². The molecule has 5 heteroatoms. The Balaban J connectivity index is 2.54. The van der Waals surface area contributed by atoms with Gasteiger partial charge in [0.05, 0.1) is 13.7 Å². The van der Waals surface area contributed by atoms with Gasteiger partial charge in [-0.3, -0.25) is 9.63 Å². The second-order valence-corrected chi connectivity index (χ2v) is 5.06. The largest absolute Gasteiger partial charge is 0.468 e. The van der Waals surface area contributed by atoms with Gasteiger partial charge in [-0.15, -0.1) is 0 Å². The van der Waals surface area contributed by atoms with Crippen molar-refractivity contribution < 1.29 is 14.4 Å². The first kappa shape index (κ1) is 15.1. The topological polar surface area (TPSA) is 38.8 Å². The molecule has 0 heterocycles. The summed E-state index contributed by atoms with van der Waals surface area (Å²) in [5.41, 5.74) is 1.04. The zero-order valence-corrected chi connectivity index (χ0v) is 12.4. The van der Waals surface area contributed by atoms with Crippen LogP contribution >= 0.6 is 15.9 Å². The summed E-state index contributed by atoms with van der Waals surface area (Å²) in [4.78, 5) is 16.9. The first-order valence-electron chi connectivity index (χ1n) is 5.73. The van der Waals surface area contributed by atoms with Gasteiger partial charge >= 0.3 is 5.97 Å². The molecule has 1 aromatic rings. The fourth-order valence-corrected chi connectivity index (χ4v) is 1.80. The van der Waals surface area contributed by atoms with Crippen molar-refractivity contribution in [2.24, 2.45) is 0 Å². The van der Waals surface area contributed by atoms with Crippen molar-refractivity contribution in [3.8, 4) is 0 Å². The number of halogens is 1. The van der Waals surface area contributed by atoms with E-state index in [0.717, 1.165) is 10.0 Å². The van der Waals surface area contributed by atoms with E-state index in [0.29, 0.717) is 6.61 Å². The highest BCUT2D eigenvalue weighted by molar-refractivity contribution is 9.10. The van der Waals surface area contributed by atoms with E-state index in [1.807, 2.05) is 38.1 Å². The number of carbonyl (C=O) groups is 1. The van der Waals surface area contributed by atoms with Gasteiger partial charge in [-0.2, -0.15) is 5.06 Å². The second kappa shape index (κ2) is 7.51. The van der Waals surface area contributed by atoms with E-state index in [2.05, 4.69) is 20.7 Å². The third-order valence-electron chi connectivity index (χ3n) is 2.37. The lowest BCUT2D eigenvalue weighted by Gasteiger charge is -2.24. The highest BCUT2D eigenvalue weighted by Crippen LogP contribution is 2.13. The maximum absolute atomic E-state index is 11.2. The van der Waals surface area contributed by atoms with Gasteiger partial charge in [0.25, 0.3) is 0 Å². The zero-order valence-electron chi connectivity index (χ0n) is 10.9. The summed E-state index contributed by atoms with van der Waals surface area (Å²) in [7, 11) is 1.37. The molecule has 0 saturated carbocycles. The molecule has 0 aliphatic carbocycles. The van der Waals surface area contributed by atoms with Crippen LogP contribution < -0.4 is 0 Å². The minimum atomic E-state index is -0.307. The molecule has 4 nitrogen and oxygen atoms in total. The van der Waals surface area contributed by atoms with E-state index in [1.165, 1.54) is 7.11 Å². The Bertz CT molecular complexity index is 396. The van der Waals surface area contributed by atoms with E-state index in [1.54, 1.807) is 5.06 Å². The fraction of sp³-hybridized carbons (Fsp3) is 0.462. The van der Waals surface area contributed by atoms with Crippen molar-refractivity contribution in [3.05, 3.63) is 34.3 Å². The highest BCUT2D eigenvalue weighted by Gasteiger charge is 2.15. The van der Waals surface area contributed by atoms with E-state index in [-0.39, 0.29) is 18.6 Å². The van der Waals surface area contributed by atoms with E-state index in [9.17, 15) is 4.79 Å². The molecule has 1 rings (SSSR count). The Kier molecular flexibility index (Phi) is 6.32. The van der Waals surface area contributed by atoms with Crippen LogP contribution in [0.4, 0.5) is 0 Å². The SMILES string of the molecule is COC(=O)CN(OCc1cccc(Br)c1)C(C)C. The number of ether oxygens (including phenoxy) is 1. The van der Waals surface area contributed by atoms with Crippen molar-refractivity contribution in [1.29, 1.82) is 0 Å².